The van der Waals surface area contributed by atoms with Crippen molar-refractivity contribution in [3.8, 4) is 0 Å². The third-order valence-corrected chi connectivity index (χ3v) is 2.59. The molecular formula is C13H19N3O3. The van der Waals surface area contributed by atoms with E-state index in [0.29, 0.717) is 12.1 Å². The van der Waals surface area contributed by atoms with Crippen LogP contribution < -0.4 is 10.6 Å². The minimum Gasteiger partial charge on any atom is -0.356 e. The second-order valence-electron chi connectivity index (χ2n) is 4.16. The van der Waals surface area contributed by atoms with E-state index in [1.54, 1.807) is 12.1 Å². The van der Waals surface area contributed by atoms with E-state index in [0.717, 1.165) is 19.5 Å². The molecule has 0 aliphatic heterocycles. The van der Waals surface area contributed by atoms with Crippen molar-refractivity contribution in [3.05, 3.63) is 39.9 Å². The molecule has 104 valence electrons. The minimum atomic E-state index is -0.460. The highest BCUT2D eigenvalue weighted by Gasteiger charge is 2.08. The van der Waals surface area contributed by atoms with E-state index in [9.17, 15) is 14.9 Å². The highest BCUT2D eigenvalue weighted by atomic mass is 16.6. The SMILES string of the molecule is CCNCCCNC(=O)Cc1cccc([N+](=O)[O-])c1. The molecule has 0 heterocycles. The normalized spacial score (nSPS) is 10.2. The van der Waals surface area contributed by atoms with E-state index in [-0.39, 0.29) is 18.0 Å². The molecule has 1 aromatic carbocycles. The van der Waals surface area contributed by atoms with Gasteiger partial charge in [0.05, 0.1) is 11.3 Å². The molecule has 0 bridgehead atoms. The lowest BCUT2D eigenvalue weighted by Gasteiger charge is -2.05. The van der Waals surface area contributed by atoms with Crippen molar-refractivity contribution in [1.29, 1.82) is 0 Å². The van der Waals surface area contributed by atoms with Crippen LogP contribution in [0.4, 0.5) is 5.69 Å². The lowest BCUT2D eigenvalue weighted by Crippen LogP contribution is -2.28. The van der Waals surface area contributed by atoms with Gasteiger partial charge in [-0.3, -0.25) is 14.9 Å². The monoisotopic (exact) mass is 265 g/mol. The van der Waals surface area contributed by atoms with Crippen LogP contribution in [-0.2, 0) is 11.2 Å². The molecule has 0 aromatic heterocycles. The van der Waals surface area contributed by atoms with Crippen LogP contribution in [0.25, 0.3) is 0 Å². The second-order valence-corrected chi connectivity index (χ2v) is 4.16. The highest BCUT2D eigenvalue weighted by Crippen LogP contribution is 2.13. The Morgan fingerprint density at radius 1 is 1.37 bits per heavy atom. The molecule has 0 aliphatic carbocycles. The van der Waals surface area contributed by atoms with Gasteiger partial charge in [-0.1, -0.05) is 19.1 Å². The fourth-order valence-corrected chi connectivity index (χ4v) is 1.65. The Hall–Kier alpha value is -1.95. The number of hydrogen-bond donors (Lipinski definition) is 2. The summed E-state index contributed by atoms with van der Waals surface area (Å²) in [6.45, 7) is 4.43. The first-order chi connectivity index (χ1) is 9.13. The summed E-state index contributed by atoms with van der Waals surface area (Å²) in [6, 6.07) is 6.15. The van der Waals surface area contributed by atoms with Gasteiger partial charge in [-0.25, -0.2) is 0 Å². The quantitative estimate of drug-likeness (QED) is 0.421. The van der Waals surface area contributed by atoms with Crippen LogP contribution in [0, 0.1) is 10.1 Å². The van der Waals surface area contributed by atoms with Crippen molar-refractivity contribution < 1.29 is 9.72 Å². The molecule has 6 nitrogen and oxygen atoms in total. The van der Waals surface area contributed by atoms with Crippen LogP contribution in [0.3, 0.4) is 0 Å². The summed E-state index contributed by atoms with van der Waals surface area (Å²) in [5.74, 6) is -0.114. The van der Waals surface area contributed by atoms with Crippen molar-refractivity contribution in [3.63, 3.8) is 0 Å². The van der Waals surface area contributed by atoms with Crippen LogP contribution in [0.15, 0.2) is 24.3 Å². The summed E-state index contributed by atoms with van der Waals surface area (Å²) in [6.07, 6.45) is 1.04. The number of amides is 1. The topological polar surface area (TPSA) is 84.3 Å². The lowest BCUT2D eigenvalue weighted by atomic mass is 10.1. The maximum absolute atomic E-state index is 11.6. The maximum atomic E-state index is 11.6. The van der Waals surface area contributed by atoms with E-state index in [1.165, 1.54) is 12.1 Å². The van der Waals surface area contributed by atoms with Crippen molar-refractivity contribution in [2.24, 2.45) is 0 Å². The molecule has 0 radical (unpaired) electrons. The molecule has 0 unspecified atom stereocenters. The number of hydrogen-bond acceptors (Lipinski definition) is 4. The Morgan fingerprint density at radius 3 is 2.84 bits per heavy atom. The largest absolute Gasteiger partial charge is 0.356 e. The molecule has 6 heteroatoms. The zero-order valence-corrected chi connectivity index (χ0v) is 11.0. The molecule has 1 aromatic rings. The van der Waals surface area contributed by atoms with E-state index >= 15 is 0 Å². The molecule has 0 fully saturated rings. The standard InChI is InChI=1S/C13H19N3O3/c1-2-14-7-4-8-15-13(17)10-11-5-3-6-12(9-11)16(18)19/h3,5-6,9,14H,2,4,7-8,10H2,1H3,(H,15,17). The molecule has 19 heavy (non-hydrogen) atoms. The van der Waals surface area contributed by atoms with Crippen molar-refractivity contribution in [1.82, 2.24) is 10.6 Å². The van der Waals surface area contributed by atoms with Crippen molar-refractivity contribution >= 4 is 11.6 Å². The molecular weight excluding hydrogens is 246 g/mol. The van der Waals surface area contributed by atoms with E-state index < -0.39 is 4.92 Å². The fourth-order valence-electron chi connectivity index (χ4n) is 1.65. The molecule has 2 N–H and O–H groups in total. The number of benzene rings is 1. The zero-order chi connectivity index (χ0) is 14.1. The molecule has 1 amide bonds. The number of nitro benzene ring substituents is 1. The number of nitrogens with one attached hydrogen (secondary N) is 2. The van der Waals surface area contributed by atoms with Crippen LogP contribution >= 0.6 is 0 Å². The Kier molecular flexibility index (Phi) is 6.52. The lowest BCUT2D eigenvalue weighted by molar-refractivity contribution is -0.384. The molecule has 0 saturated heterocycles. The number of rotatable bonds is 8. The van der Waals surface area contributed by atoms with Crippen LogP contribution in [0.2, 0.25) is 0 Å². The van der Waals surface area contributed by atoms with Crippen molar-refractivity contribution in [2.45, 2.75) is 19.8 Å². The van der Waals surface area contributed by atoms with E-state index in [2.05, 4.69) is 10.6 Å². The van der Waals surface area contributed by atoms with Gasteiger partial charge in [0.25, 0.3) is 5.69 Å². The third-order valence-electron chi connectivity index (χ3n) is 2.59. The predicted molar refractivity (Wildman–Crippen MR) is 73.0 cm³/mol. The van der Waals surface area contributed by atoms with Crippen molar-refractivity contribution in [2.75, 3.05) is 19.6 Å². The molecule has 1 rings (SSSR count). The Morgan fingerprint density at radius 2 is 2.16 bits per heavy atom. The molecule has 0 saturated carbocycles. The Balaban J connectivity index is 2.35. The van der Waals surface area contributed by atoms with E-state index in [4.69, 9.17) is 0 Å². The molecule has 0 spiro atoms. The smallest absolute Gasteiger partial charge is 0.269 e. The van der Waals surface area contributed by atoms with Gasteiger partial charge in [0, 0.05) is 18.7 Å². The van der Waals surface area contributed by atoms with Crippen LogP contribution in [0.5, 0.6) is 0 Å². The average Bonchev–Trinajstić information content (AvgIpc) is 2.38. The van der Waals surface area contributed by atoms with Gasteiger partial charge in [0.1, 0.15) is 0 Å². The molecule has 0 aliphatic rings. The number of non-ortho nitro benzene ring substituents is 1. The maximum Gasteiger partial charge on any atom is 0.269 e. The van der Waals surface area contributed by atoms with Gasteiger partial charge >= 0.3 is 0 Å². The summed E-state index contributed by atoms with van der Waals surface area (Å²) < 4.78 is 0. The summed E-state index contributed by atoms with van der Waals surface area (Å²) in [5, 5.41) is 16.6. The summed E-state index contributed by atoms with van der Waals surface area (Å²) >= 11 is 0. The van der Waals surface area contributed by atoms with Gasteiger partial charge in [0.2, 0.25) is 5.91 Å². The van der Waals surface area contributed by atoms with Gasteiger partial charge in [-0.15, -0.1) is 0 Å². The summed E-state index contributed by atoms with van der Waals surface area (Å²) in [4.78, 5) is 21.8. The summed E-state index contributed by atoms with van der Waals surface area (Å²) in [7, 11) is 0. The van der Waals surface area contributed by atoms with E-state index in [1.807, 2.05) is 6.92 Å². The number of nitro groups is 1. The van der Waals surface area contributed by atoms with Crippen LogP contribution in [-0.4, -0.2) is 30.5 Å². The summed E-state index contributed by atoms with van der Waals surface area (Å²) in [5.41, 5.74) is 0.663. The highest BCUT2D eigenvalue weighted by molar-refractivity contribution is 5.78. The van der Waals surface area contributed by atoms with Gasteiger partial charge in [0.15, 0.2) is 0 Å². The zero-order valence-electron chi connectivity index (χ0n) is 11.0. The number of nitrogens with zero attached hydrogens (tertiary/aromatic N) is 1. The predicted octanol–water partition coefficient (Wildman–Crippen LogP) is 1.25. The first kappa shape index (κ1) is 15.1. The van der Waals surface area contributed by atoms with Gasteiger partial charge < -0.3 is 10.6 Å². The second kappa shape index (κ2) is 8.20. The number of carbonyl (C=O) groups excluding carboxylic acids is 1. The van der Waals surface area contributed by atoms with Gasteiger partial charge in [-0.05, 0) is 25.1 Å². The third kappa shape index (κ3) is 5.96. The average molecular weight is 265 g/mol. The Labute approximate surface area is 112 Å². The van der Waals surface area contributed by atoms with Crippen LogP contribution in [0.1, 0.15) is 18.9 Å². The first-order valence-corrected chi connectivity index (χ1v) is 6.34. The molecule has 0 atom stereocenters. The first-order valence-electron chi connectivity index (χ1n) is 6.34. The minimum absolute atomic E-state index is 0.0115. The Bertz CT molecular complexity index is 435. The number of carbonyl (C=O) groups is 1. The fraction of sp³-hybridized carbons (Fsp3) is 0.462. The van der Waals surface area contributed by atoms with Gasteiger partial charge in [-0.2, -0.15) is 0 Å².